The van der Waals surface area contributed by atoms with Gasteiger partial charge in [0.15, 0.2) is 0 Å². The van der Waals surface area contributed by atoms with Crippen LogP contribution in [0, 0.1) is 11.8 Å². The third-order valence-corrected chi connectivity index (χ3v) is 4.82. The molecule has 1 aromatic carbocycles. The zero-order valence-corrected chi connectivity index (χ0v) is 13.1. The minimum atomic E-state index is 0.136. The van der Waals surface area contributed by atoms with Crippen molar-refractivity contribution < 1.29 is 4.74 Å². The van der Waals surface area contributed by atoms with Gasteiger partial charge < -0.3 is 4.74 Å². The zero-order valence-electron chi connectivity index (χ0n) is 12.4. The molecule has 3 nitrogen and oxygen atoms in total. The Balaban J connectivity index is 2.23. The molecule has 112 valence electrons. The van der Waals surface area contributed by atoms with Gasteiger partial charge in [-0.05, 0) is 36.8 Å². The lowest BCUT2D eigenvalue weighted by Crippen LogP contribution is -2.36. The molecular weight excluding hydrogens is 272 g/mol. The Hall–Kier alpha value is -0.770. The van der Waals surface area contributed by atoms with Crippen molar-refractivity contribution in [2.24, 2.45) is 17.7 Å². The van der Waals surface area contributed by atoms with E-state index in [0.717, 1.165) is 17.2 Å². The molecule has 20 heavy (non-hydrogen) atoms. The summed E-state index contributed by atoms with van der Waals surface area (Å²) in [4.78, 5) is 0. The SMILES string of the molecule is CCC1CCCC(C(NN)c2ccc(Cl)cc2OC)C1. The molecular formula is C16H25ClN2O. The number of hydrogen-bond acceptors (Lipinski definition) is 3. The molecule has 1 fully saturated rings. The molecule has 0 amide bonds. The molecule has 1 aliphatic rings. The van der Waals surface area contributed by atoms with Crippen LogP contribution in [0.2, 0.25) is 5.02 Å². The first-order valence-electron chi connectivity index (χ1n) is 7.49. The van der Waals surface area contributed by atoms with Crippen LogP contribution in [-0.2, 0) is 0 Å². The van der Waals surface area contributed by atoms with Gasteiger partial charge in [-0.25, -0.2) is 0 Å². The maximum atomic E-state index is 6.04. The van der Waals surface area contributed by atoms with E-state index in [4.69, 9.17) is 22.2 Å². The summed E-state index contributed by atoms with van der Waals surface area (Å²) in [6.45, 7) is 2.28. The second kappa shape index (κ2) is 7.30. The van der Waals surface area contributed by atoms with E-state index in [0.29, 0.717) is 10.9 Å². The number of halogens is 1. The molecule has 3 atom stereocenters. The molecule has 4 heteroatoms. The standard InChI is InChI=1S/C16H25ClN2O/c1-3-11-5-4-6-12(9-11)16(19-18)14-8-7-13(17)10-15(14)20-2/h7-8,10-12,16,19H,3-6,9,18H2,1-2H3. The van der Waals surface area contributed by atoms with E-state index >= 15 is 0 Å². The number of nitrogens with one attached hydrogen (secondary N) is 1. The predicted octanol–water partition coefficient (Wildman–Crippen LogP) is 4.07. The second-order valence-electron chi connectivity index (χ2n) is 5.73. The summed E-state index contributed by atoms with van der Waals surface area (Å²) in [5.41, 5.74) is 4.12. The number of methoxy groups -OCH3 is 1. The highest BCUT2D eigenvalue weighted by Crippen LogP contribution is 2.41. The second-order valence-corrected chi connectivity index (χ2v) is 6.17. The summed E-state index contributed by atoms with van der Waals surface area (Å²) in [7, 11) is 1.68. The molecule has 0 aromatic heterocycles. The summed E-state index contributed by atoms with van der Waals surface area (Å²) in [5, 5.41) is 0.691. The Bertz CT molecular complexity index is 438. The van der Waals surface area contributed by atoms with Crippen LogP contribution in [0.1, 0.15) is 50.6 Å². The summed E-state index contributed by atoms with van der Waals surface area (Å²) < 4.78 is 5.47. The lowest BCUT2D eigenvalue weighted by Gasteiger charge is -2.34. The molecule has 0 aliphatic heterocycles. The van der Waals surface area contributed by atoms with Crippen molar-refractivity contribution in [3.63, 3.8) is 0 Å². The largest absolute Gasteiger partial charge is 0.496 e. The molecule has 1 saturated carbocycles. The van der Waals surface area contributed by atoms with Gasteiger partial charge in [-0.15, -0.1) is 0 Å². The minimum Gasteiger partial charge on any atom is -0.496 e. The average Bonchev–Trinajstić information content (AvgIpc) is 2.49. The number of hydrazine groups is 1. The minimum absolute atomic E-state index is 0.136. The maximum absolute atomic E-state index is 6.04. The van der Waals surface area contributed by atoms with Crippen molar-refractivity contribution in [3.8, 4) is 5.75 Å². The third-order valence-electron chi connectivity index (χ3n) is 4.58. The molecule has 0 bridgehead atoms. The molecule has 1 aliphatic carbocycles. The van der Waals surface area contributed by atoms with Gasteiger partial charge in [-0.3, -0.25) is 11.3 Å². The topological polar surface area (TPSA) is 47.3 Å². The average molecular weight is 297 g/mol. The van der Waals surface area contributed by atoms with Crippen LogP contribution in [-0.4, -0.2) is 7.11 Å². The Kier molecular flexibility index (Phi) is 5.70. The molecule has 0 saturated heterocycles. The van der Waals surface area contributed by atoms with E-state index in [1.54, 1.807) is 7.11 Å². The highest BCUT2D eigenvalue weighted by molar-refractivity contribution is 6.30. The maximum Gasteiger partial charge on any atom is 0.125 e. The molecule has 0 radical (unpaired) electrons. The quantitative estimate of drug-likeness (QED) is 0.636. The van der Waals surface area contributed by atoms with E-state index in [2.05, 4.69) is 12.3 Å². The fourth-order valence-electron chi connectivity index (χ4n) is 3.43. The van der Waals surface area contributed by atoms with Crippen molar-refractivity contribution in [3.05, 3.63) is 28.8 Å². The summed E-state index contributed by atoms with van der Waals surface area (Å²) in [6, 6.07) is 5.93. The first kappa shape index (κ1) is 15.6. The van der Waals surface area contributed by atoms with Crippen molar-refractivity contribution >= 4 is 11.6 Å². The fourth-order valence-corrected chi connectivity index (χ4v) is 3.59. The Morgan fingerprint density at radius 1 is 1.45 bits per heavy atom. The summed E-state index contributed by atoms with van der Waals surface area (Å²) >= 11 is 6.04. The van der Waals surface area contributed by atoms with Gasteiger partial charge in [0.2, 0.25) is 0 Å². The lowest BCUT2D eigenvalue weighted by atomic mass is 9.75. The Labute approximate surface area is 126 Å². The number of benzene rings is 1. The lowest BCUT2D eigenvalue weighted by molar-refractivity contribution is 0.207. The van der Waals surface area contributed by atoms with Gasteiger partial charge in [-0.2, -0.15) is 0 Å². The first-order chi connectivity index (χ1) is 9.69. The van der Waals surface area contributed by atoms with Gasteiger partial charge in [0, 0.05) is 10.6 Å². The van der Waals surface area contributed by atoms with E-state index in [1.165, 1.54) is 32.1 Å². The van der Waals surface area contributed by atoms with Crippen LogP contribution in [0.5, 0.6) is 5.75 Å². The molecule has 3 unspecified atom stereocenters. The smallest absolute Gasteiger partial charge is 0.125 e. The number of hydrogen-bond donors (Lipinski definition) is 2. The zero-order chi connectivity index (χ0) is 14.5. The van der Waals surface area contributed by atoms with Crippen LogP contribution in [0.3, 0.4) is 0 Å². The van der Waals surface area contributed by atoms with Crippen LogP contribution >= 0.6 is 11.6 Å². The normalized spacial score (nSPS) is 24.4. The van der Waals surface area contributed by atoms with E-state index in [-0.39, 0.29) is 6.04 Å². The van der Waals surface area contributed by atoms with E-state index < -0.39 is 0 Å². The van der Waals surface area contributed by atoms with Crippen LogP contribution in [0.25, 0.3) is 0 Å². The van der Waals surface area contributed by atoms with Crippen LogP contribution in [0.15, 0.2) is 18.2 Å². The Morgan fingerprint density at radius 2 is 2.25 bits per heavy atom. The first-order valence-corrected chi connectivity index (χ1v) is 7.87. The van der Waals surface area contributed by atoms with Crippen molar-refractivity contribution in [1.82, 2.24) is 5.43 Å². The van der Waals surface area contributed by atoms with Crippen LogP contribution < -0.4 is 16.0 Å². The van der Waals surface area contributed by atoms with E-state index in [1.807, 2.05) is 18.2 Å². The predicted molar refractivity (Wildman–Crippen MR) is 83.8 cm³/mol. The fraction of sp³-hybridized carbons (Fsp3) is 0.625. The van der Waals surface area contributed by atoms with Gasteiger partial charge in [0.25, 0.3) is 0 Å². The molecule has 0 heterocycles. The van der Waals surface area contributed by atoms with Crippen molar-refractivity contribution in [2.45, 2.75) is 45.1 Å². The molecule has 0 spiro atoms. The summed E-state index contributed by atoms with van der Waals surface area (Å²) in [6.07, 6.45) is 6.35. The molecule has 2 rings (SSSR count). The van der Waals surface area contributed by atoms with Crippen molar-refractivity contribution in [1.29, 1.82) is 0 Å². The highest BCUT2D eigenvalue weighted by Gasteiger charge is 2.29. The molecule has 3 N–H and O–H groups in total. The molecule has 1 aromatic rings. The number of ether oxygens (including phenoxy) is 1. The number of nitrogens with two attached hydrogens (primary N) is 1. The number of rotatable bonds is 5. The van der Waals surface area contributed by atoms with Gasteiger partial charge in [0.1, 0.15) is 5.75 Å². The van der Waals surface area contributed by atoms with Gasteiger partial charge in [-0.1, -0.05) is 43.9 Å². The van der Waals surface area contributed by atoms with Crippen molar-refractivity contribution in [2.75, 3.05) is 7.11 Å². The highest BCUT2D eigenvalue weighted by atomic mass is 35.5. The third kappa shape index (κ3) is 3.46. The van der Waals surface area contributed by atoms with Gasteiger partial charge in [0.05, 0.1) is 13.2 Å². The van der Waals surface area contributed by atoms with Crippen LogP contribution in [0.4, 0.5) is 0 Å². The van der Waals surface area contributed by atoms with E-state index in [9.17, 15) is 0 Å². The summed E-state index contributed by atoms with van der Waals surface area (Å²) in [5.74, 6) is 8.05. The van der Waals surface area contributed by atoms with Gasteiger partial charge >= 0.3 is 0 Å². The monoisotopic (exact) mass is 296 g/mol. The Morgan fingerprint density at radius 3 is 2.90 bits per heavy atom.